The third kappa shape index (κ3) is 2.91. The fourth-order valence-corrected chi connectivity index (χ4v) is 3.35. The van der Waals surface area contributed by atoms with Gasteiger partial charge in [0, 0.05) is 6.54 Å². The standard InChI is InChI=1S/C14H21NO4/c1-2-8-19-13(18)15-10-14(6-4-3-5-7-14)9-11(15)12(16)17/h2,11H,1,3-10H2,(H,16,17). The average molecular weight is 267 g/mol. The summed E-state index contributed by atoms with van der Waals surface area (Å²) in [6.07, 6.45) is 7.01. The fraction of sp³-hybridized carbons (Fsp3) is 0.714. The summed E-state index contributed by atoms with van der Waals surface area (Å²) in [5.74, 6) is -0.932. The van der Waals surface area contributed by atoms with Crippen molar-refractivity contribution in [3.63, 3.8) is 0 Å². The van der Waals surface area contributed by atoms with Gasteiger partial charge in [-0.15, -0.1) is 0 Å². The molecule has 19 heavy (non-hydrogen) atoms. The van der Waals surface area contributed by atoms with Gasteiger partial charge in [-0.3, -0.25) is 4.90 Å². The smallest absolute Gasteiger partial charge is 0.410 e. The van der Waals surface area contributed by atoms with E-state index in [0.717, 1.165) is 25.7 Å². The van der Waals surface area contributed by atoms with Crippen LogP contribution in [-0.2, 0) is 9.53 Å². The molecule has 1 saturated carbocycles. The summed E-state index contributed by atoms with van der Waals surface area (Å²) in [7, 11) is 0. The second kappa shape index (κ2) is 5.63. The molecule has 2 aliphatic rings. The number of likely N-dealkylation sites (tertiary alicyclic amines) is 1. The molecule has 1 N–H and O–H groups in total. The van der Waals surface area contributed by atoms with E-state index < -0.39 is 18.1 Å². The van der Waals surface area contributed by atoms with E-state index in [1.54, 1.807) is 0 Å². The average Bonchev–Trinajstić information content (AvgIpc) is 2.76. The first-order valence-corrected chi connectivity index (χ1v) is 6.85. The summed E-state index contributed by atoms with van der Waals surface area (Å²) in [6.45, 7) is 4.12. The van der Waals surface area contributed by atoms with Crippen molar-refractivity contribution >= 4 is 12.1 Å². The van der Waals surface area contributed by atoms with Crippen molar-refractivity contribution in [1.82, 2.24) is 4.90 Å². The van der Waals surface area contributed by atoms with Crippen LogP contribution in [-0.4, -0.2) is 41.3 Å². The first kappa shape index (κ1) is 13.9. The molecule has 1 aliphatic carbocycles. The molecule has 2 rings (SSSR count). The van der Waals surface area contributed by atoms with Gasteiger partial charge in [0.1, 0.15) is 12.6 Å². The highest BCUT2D eigenvalue weighted by molar-refractivity contribution is 5.81. The van der Waals surface area contributed by atoms with E-state index in [4.69, 9.17) is 4.74 Å². The molecule has 0 aromatic carbocycles. The first-order chi connectivity index (χ1) is 9.08. The zero-order chi connectivity index (χ0) is 13.9. The van der Waals surface area contributed by atoms with Crippen molar-refractivity contribution in [2.24, 2.45) is 5.41 Å². The largest absolute Gasteiger partial charge is 0.480 e. The zero-order valence-corrected chi connectivity index (χ0v) is 11.1. The number of nitrogens with zero attached hydrogens (tertiary/aromatic N) is 1. The number of hydrogen-bond acceptors (Lipinski definition) is 3. The van der Waals surface area contributed by atoms with E-state index in [9.17, 15) is 14.7 Å². The molecule has 0 aromatic rings. The molecule has 5 nitrogen and oxygen atoms in total. The van der Waals surface area contributed by atoms with Crippen LogP contribution in [0.3, 0.4) is 0 Å². The maximum absolute atomic E-state index is 11.9. The highest BCUT2D eigenvalue weighted by Crippen LogP contribution is 2.46. The fourth-order valence-electron chi connectivity index (χ4n) is 3.35. The number of carboxylic acids is 1. The lowest BCUT2D eigenvalue weighted by atomic mass is 9.73. The van der Waals surface area contributed by atoms with Gasteiger partial charge in [-0.2, -0.15) is 0 Å². The number of rotatable bonds is 3. The molecule has 2 fully saturated rings. The normalized spacial score (nSPS) is 25.3. The molecule has 1 amide bonds. The van der Waals surface area contributed by atoms with Crippen molar-refractivity contribution in [3.8, 4) is 0 Å². The molecule has 0 aromatic heterocycles. The Balaban J connectivity index is 2.09. The van der Waals surface area contributed by atoms with Crippen molar-refractivity contribution in [1.29, 1.82) is 0 Å². The van der Waals surface area contributed by atoms with Gasteiger partial charge in [0.05, 0.1) is 0 Å². The van der Waals surface area contributed by atoms with Crippen LogP contribution in [0.4, 0.5) is 4.79 Å². The Bertz CT molecular complexity index is 374. The first-order valence-electron chi connectivity index (χ1n) is 6.85. The molecule has 1 aliphatic heterocycles. The van der Waals surface area contributed by atoms with Crippen molar-refractivity contribution in [3.05, 3.63) is 12.7 Å². The van der Waals surface area contributed by atoms with Crippen molar-refractivity contribution in [2.45, 2.75) is 44.6 Å². The van der Waals surface area contributed by atoms with Gasteiger partial charge in [0.25, 0.3) is 0 Å². The van der Waals surface area contributed by atoms with Crippen molar-refractivity contribution < 1.29 is 19.4 Å². The summed E-state index contributed by atoms with van der Waals surface area (Å²) in [6, 6.07) is -0.740. The van der Waals surface area contributed by atoms with Crippen LogP contribution in [0.5, 0.6) is 0 Å². The molecule has 1 saturated heterocycles. The number of hydrogen-bond donors (Lipinski definition) is 1. The van der Waals surface area contributed by atoms with E-state index in [2.05, 4.69) is 6.58 Å². The summed E-state index contributed by atoms with van der Waals surface area (Å²) in [4.78, 5) is 24.7. The number of carbonyl (C=O) groups is 2. The maximum atomic E-state index is 11.9. The topological polar surface area (TPSA) is 66.8 Å². The second-order valence-corrected chi connectivity index (χ2v) is 5.61. The van der Waals surface area contributed by atoms with Gasteiger partial charge < -0.3 is 9.84 Å². The van der Waals surface area contributed by atoms with Crippen molar-refractivity contribution in [2.75, 3.05) is 13.2 Å². The van der Waals surface area contributed by atoms with Gasteiger partial charge in [0.15, 0.2) is 0 Å². The molecule has 1 unspecified atom stereocenters. The molecule has 1 spiro atoms. The quantitative estimate of drug-likeness (QED) is 0.797. The minimum absolute atomic E-state index is 0.00545. The maximum Gasteiger partial charge on any atom is 0.410 e. The zero-order valence-electron chi connectivity index (χ0n) is 11.1. The summed E-state index contributed by atoms with van der Waals surface area (Å²) < 4.78 is 5.00. The van der Waals surface area contributed by atoms with E-state index in [-0.39, 0.29) is 12.0 Å². The van der Waals surface area contributed by atoms with Crippen LogP contribution >= 0.6 is 0 Å². The van der Waals surface area contributed by atoms with Crippen LogP contribution in [0.15, 0.2) is 12.7 Å². The molecule has 1 atom stereocenters. The van der Waals surface area contributed by atoms with E-state index in [1.165, 1.54) is 17.4 Å². The minimum atomic E-state index is -0.932. The number of carboxylic acid groups (broad SMARTS) is 1. The number of carbonyl (C=O) groups excluding carboxylic acids is 1. The number of aliphatic carboxylic acids is 1. The van der Waals surface area contributed by atoms with Crippen LogP contribution in [0.2, 0.25) is 0 Å². The Morgan fingerprint density at radius 1 is 1.37 bits per heavy atom. The molecule has 0 bridgehead atoms. The molecular weight excluding hydrogens is 246 g/mol. The highest BCUT2D eigenvalue weighted by Gasteiger charge is 2.49. The Labute approximate surface area is 113 Å². The van der Waals surface area contributed by atoms with Crippen LogP contribution in [0, 0.1) is 5.41 Å². The van der Waals surface area contributed by atoms with E-state index in [1.807, 2.05) is 0 Å². The number of amides is 1. The molecule has 1 heterocycles. The highest BCUT2D eigenvalue weighted by atomic mass is 16.6. The molecule has 0 radical (unpaired) electrons. The summed E-state index contributed by atoms with van der Waals surface area (Å²) >= 11 is 0. The Hall–Kier alpha value is -1.52. The third-order valence-electron chi connectivity index (χ3n) is 4.27. The Kier molecular flexibility index (Phi) is 4.12. The Morgan fingerprint density at radius 3 is 2.63 bits per heavy atom. The molecule has 5 heteroatoms. The monoisotopic (exact) mass is 267 g/mol. The van der Waals surface area contributed by atoms with Crippen LogP contribution < -0.4 is 0 Å². The Morgan fingerprint density at radius 2 is 2.05 bits per heavy atom. The van der Waals surface area contributed by atoms with Gasteiger partial charge in [0.2, 0.25) is 0 Å². The van der Waals surface area contributed by atoms with Gasteiger partial charge in [-0.05, 0) is 24.7 Å². The number of ether oxygens (including phenoxy) is 1. The lowest BCUT2D eigenvalue weighted by Gasteiger charge is -2.32. The second-order valence-electron chi connectivity index (χ2n) is 5.61. The predicted molar refractivity (Wildman–Crippen MR) is 69.8 cm³/mol. The van der Waals surface area contributed by atoms with Crippen LogP contribution in [0.1, 0.15) is 38.5 Å². The van der Waals surface area contributed by atoms with E-state index >= 15 is 0 Å². The lowest BCUT2D eigenvalue weighted by molar-refractivity contribution is -0.141. The summed E-state index contributed by atoms with van der Waals surface area (Å²) in [5.41, 5.74) is -0.00545. The van der Waals surface area contributed by atoms with E-state index in [0.29, 0.717) is 13.0 Å². The van der Waals surface area contributed by atoms with Crippen LogP contribution in [0.25, 0.3) is 0 Å². The summed E-state index contributed by atoms with van der Waals surface area (Å²) in [5, 5.41) is 9.30. The van der Waals surface area contributed by atoms with Gasteiger partial charge in [-0.1, -0.05) is 31.9 Å². The third-order valence-corrected chi connectivity index (χ3v) is 4.27. The SMILES string of the molecule is C=CCOC(=O)N1CC2(CCCCC2)CC1C(=O)O. The van der Waals surface area contributed by atoms with Gasteiger partial charge >= 0.3 is 12.1 Å². The lowest BCUT2D eigenvalue weighted by Crippen LogP contribution is -2.41. The predicted octanol–water partition coefficient (Wildman–Crippen LogP) is 2.42. The minimum Gasteiger partial charge on any atom is -0.480 e. The molecular formula is C14H21NO4. The van der Waals surface area contributed by atoms with Gasteiger partial charge in [-0.25, -0.2) is 9.59 Å². The molecule has 106 valence electrons.